The number of carbonyl (C=O) groups is 1. The van der Waals surface area contributed by atoms with Crippen molar-refractivity contribution in [1.29, 1.82) is 0 Å². The van der Waals surface area contributed by atoms with Gasteiger partial charge in [-0.25, -0.2) is 8.42 Å². The van der Waals surface area contributed by atoms with Crippen LogP contribution < -0.4 is 9.47 Å². The quantitative estimate of drug-likeness (QED) is 0.610. The zero-order valence-corrected chi connectivity index (χ0v) is 13.2. The van der Waals surface area contributed by atoms with E-state index in [1.165, 1.54) is 0 Å². The lowest BCUT2D eigenvalue weighted by Gasteiger charge is -2.23. The van der Waals surface area contributed by atoms with Crippen LogP contribution in [0.15, 0.2) is 17.0 Å². The fraction of sp³-hybridized carbons (Fsp3) is 0.462. The van der Waals surface area contributed by atoms with Gasteiger partial charge in [-0.3, -0.25) is 14.9 Å². The lowest BCUT2D eigenvalue weighted by molar-refractivity contribution is -0.388. The molecule has 1 aromatic rings. The first-order chi connectivity index (χ1) is 11.3. The van der Waals surface area contributed by atoms with Gasteiger partial charge >= 0.3 is 5.97 Å². The van der Waals surface area contributed by atoms with Crippen LogP contribution in [0, 0.1) is 10.1 Å². The molecule has 1 atom stereocenters. The third kappa shape index (κ3) is 2.65. The Balaban J connectivity index is 2.13. The van der Waals surface area contributed by atoms with Crippen LogP contribution in [0.3, 0.4) is 0 Å². The van der Waals surface area contributed by atoms with E-state index in [0.29, 0.717) is 6.42 Å². The summed E-state index contributed by atoms with van der Waals surface area (Å²) >= 11 is 0. The molecule has 11 heteroatoms. The molecule has 0 amide bonds. The lowest BCUT2D eigenvalue weighted by Crippen LogP contribution is -2.40. The first-order valence-corrected chi connectivity index (χ1v) is 8.59. The number of nitro benzene ring substituents is 1. The Hall–Kier alpha value is -2.40. The number of sulfonamides is 1. The van der Waals surface area contributed by atoms with Crippen LogP contribution >= 0.6 is 0 Å². The van der Waals surface area contributed by atoms with E-state index in [4.69, 9.17) is 9.47 Å². The van der Waals surface area contributed by atoms with Crippen molar-refractivity contribution in [2.75, 3.05) is 19.8 Å². The molecule has 1 fully saturated rings. The molecule has 24 heavy (non-hydrogen) atoms. The average molecular weight is 358 g/mol. The second kappa shape index (κ2) is 5.91. The molecule has 1 unspecified atom stereocenters. The summed E-state index contributed by atoms with van der Waals surface area (Å²) in [6.45, 7) is 0.375. The van der Waals surface area contributed by atoms with E-state index < -0.39 is 37.5 Å². The molecule has 2 heterocycles. The Morgan fingerprint density at radius 1 is 1.29 bits per heavy atom. The smallest absolute Gasteiger partial charge is 0.322 e. The summed E-state index contributed by atoms with van der Waals surface area (Å²) in [5, 5.41) is 20.5. The fourth-order valence-corrected chi connectivity index (χ4v) is 4.62. The maximum atomic E-state index is 12.8. The van der Waals surface area contributed by atoms with E-state index in [9.17, 15) is 28.4 Å². The van der Waals surface area contributed by atoms with E-state index in [0.717, 1.165) is 16.4 Å². The Kier molecular flexibility index (Phi) is 4.05. The summed E-state index contributed by atoms with van der Waals surface area (Å²) in [7, 11) is -4.37. The maximum Gasteiger partial charge on any atom is 0.322 e. The molecule has 1 aromatic carbocycles. The Morgan fingerprint density at radius 2 is 1.92 bits per heavy atom. The van der Waals surface area contributed by atoms with Gasteiger partial charge in [0.15, 0.2) is 16.4 Å². The highest BCUT2D eigenvalue weighted by atomic mass is 32.2. The van der Waals surface area contributed by atoms with Gasteiger partial charge in [0.2, 0.25) is 0 Å². The van der Waals surface area contributed by atoms with Crippen molar-refractivity contribution in [3.63, 3.8) is 0 Å². The van der Waals surface area contributed by atoms with Crippen LogP contribution in [0.25, 0.3) is 0 Å². The minimum Gasteiger partial charge on any atom is -0.486 e. The summed E-state index contributed by atoms with van der Waals surface area (Å²) in [5.74, 6) is -1.11. The van der Waals surface area contributed by atoms with Gasteiger partial charge in [-0.1, -0.05) is 0 Å². The third-order valence-corrected chi connectivity index (χ3v) is 5.83. The summed E-state index contributed by atoms with van der Waals surface area (Å²) < 4.78 is 36.9. The van der Waals surface area contributed by atoms with Gasteiger partial charge in [0.25, 0.3) is 15.7 Å². The van der Waals surface area contributed by atoms with Crippen molar-refractivity contribution in [3.05, 3.63) is 22.2 Å². The van der Waals surface area contributed by atoms with Crippen LogP contribution in [0.1, 0.15) is 12.8 Å². The van der Waals surface area contributed by atoms with Crippen LogP contribution in [0.5, 0.6) is 11.5 Å². The summed E-state index contributed by atoms with van der Waals surface area (Å²) in [4.78, 5) is 21.1. The number of rotatable bonds is 4. The number of ether oxygens (including phenoxy) is 2. The lowest BCUT2D eigenvalue weighted by atomic mass is 10.2. The highest BCUT2D eigenvalue weighted by molar-refractivity contribution is 7.89. The van der Waals surface area contributed by atoms with Crippen LogP contribution in [-0.4, -0.2) is 54.5 Å². The Labute approximate surface area is 136 Å². The molecule has 0 spiro atoms. The number of benzene rings is 1. The molecule has 0 bridgehead atoms. The SMILES string of the molecule is O=C(O)C1CCCN1S(=O)(=O)c1cc2c(cc1[N+](=O)[O-])OCCO2. The van der Waals surface area contributed by atoms with Gasteiger partial charge in [-0.05, 0) is 12.8 Å². The number of aliphatic carboxylic acids is 1. The number of nitrogens with zero attached hydrogens (tertiary/aromatic N) is 2. The molecule has 3 rings (SSSR count). The Morgan fingerprint density at radius 3 is 2.50 bits per heavy atom. The highest BCUT2D eigenvalue weighted by Crippen LogP contribution is 2.40. The summed E-state index contributed by atoms with van der Waals surface area (Å²) in [5.41, 5.74) is -0.671. The number of hydrogen-bond acceptors (Lipinski definition) is 7. The zero-order chi connectivity index (χ0) is 17.5. The molecule has 0 saturated carbocycles. The standard InChI is InChI=1S/C13H14N2O8S/c16-13(17)8-2-1-3-14(8)24(20,21)12-7-11-10(22-4-5-23-11)6-9(12)15(18)19/h6-8H,1-5H2,(H,16,17). The first kappa shape index (κ1) is 16.5. The highest BCUT2D eigenvalue weighted by Gasteiger charge is 2.43. The molecule has 0 radical (unpaired) electrons. The summed E-state index contributed by atoms with van der Waals surface area (Å²) in [6, 6.07) is 0.787. The molecule has 10 nitrogen and oxygen atoms in total. The van der Waals surface area contributed by atoms with Gasteiger partial charge in [-0.2, -0.15) is 4.31 Å². The molecular weight excluding hydrogens is 344 g/mol. The molecule has 0 aromatic heterocycles. The predicted molar refractivity (Wildman–Crippen MR) is 78.6 cm³/mol. The molecule has 1 N–H and O–H groups in total. The maximum absolute atomic E-state index is 12.8. The van der Waals surface area contributed by atoms with Crippen molar-refractivity contribution in [2.24, 2.45) is 0 Å². The van der Waals surface area contributed by atoms with Gasteiger partial charge in [0.1, 0.15) is 19.3 Å². The largest absolute Gasteiger partial charge is 0.486 e. The third-order valence-electron chi connectivity index (χ3n) is 3.90. The van der Waals surface area contributed by atoms with Crippen LogP contribution in [0.4, 0.5) is 5.69 Å². The van der Waals surface area contributed by atoms with E-state index >= 15 is 0 Å². The first-order valence-electron chi connectivity index (χ1n) is 7.15. The van der Waals surface area contributed by atoms with Gasteiger partial charge in [0, 0.05) is 12.6 Å². The molecular formula is C13H14N2O8S. The molecule has 1 saturated heterocycles. The second-order valence-corrected chi connectivity index (χ2v) is 7.19. The second-order valence-electron chi connectivity index (χ2n) is 5.33. The van der Waals surface area contributed by atoms with Gasteiger partial charge < -0.3 is 14.6 Å². The normalized spacial score (nSPS) is 20.8. The number of nitro groups is 1. The van der Waals surface area contributed by atoms with Gasteiger partial charge in [-0.15, -0.1) is 0 Å². The zero-order valence-electron chi connectivity index (χ0n) is 12.4. The molecule has 130 valence electrons. The van der Waals surface area contributed by atoms with Crippen molar-refractivity contribution >= 4 is 21.7 Å². The van der Waals surface area contributed by atoms with E-state index in [-0.39, 0.29) is 37.7 Å². The summed E-state index contributed by atoms with van der Waals surface area (Å²) in [6.07, 6.45) is 0.529. The number of fused-ring (bicyclic) bond motifs is 1. The minimum absolute atomic E-state index is 0.00903. The van der Waals surface area contributed by atoms with Crippen molar-refractivity contribution in [3.8, 4) is 11.5 Å². The van der Waals surface area contributed by atoms with E-state index in [1.807, 2.05) is 0 Å². The number of carboxylic acids is 1. The molecule has 2 aliphatic heterocycles. The average Bonchev–Trinajstić information content (AvgIpc) is 3.04. The monoisotopic (exact) mass is 358 g/mol. The Bertz CT molecular complexity index is 806. The fourth-order valence-electron chi connectivity index (χ4n) is 2.81. The van der Waals surface area contributed by atoms with Crippen molar-refractivity contribution in [1.82, 2.24) is 4.31 Å². The minimum atomic E-state index is -4.37. The number of hydrogen-bond donors (Lipinski definition) is 1. The van der Waals surface area contributed by atoms with Crippen LogP contribution in [-0.2, 0) is 14.8 Å². The van der Waals surface area contributed by atoms with E-state index in [2.05, 4.69) is 0 Å². The van der Waals surface area contributed by atoms with Crippen molar-refractivity contribution in [2.45, 2.75) is 23.8 Å². The van der Waals surface area contributed by atoms with E-state index in [1.54, 1.807) is 0 Å². The number of carboxylic acid groups (broad SMARTS) is 1. The topological polar surface area (TPSA) is 136 Å². The molecule has 0 aliphatic carbocycles. The van der Waals surface area contributed by atoms with Crippen LogP contribution in [0.2, 0.25) is 0 Å². The van der Waals surface area contributed by atoms with Crippen molar-refractivity contribution < 1.29 is 32.7 Å². The molecule has 2 aliphatic rings. The predicted octanol–water partition coefficient (Wildman–Crippen LogP) is 0.604. The van der Waals surface area contributed by atoms with Gasteiger partial charge in [0.05, 0.1) is 11.0 Å².